The van der Waals surface area contributed by atoms with E-state index >= 15 is 0 Å². The minimum atomic E-state index is -3.78. The van der Waals surface area contributed by atoms with Crippen molar-refractivity contribution in [2.75, 3.05) is 17.1 Å². The van der Waals surface area contributed by atoms with Gasteiger partial charge in [-0.1, -0.05) is 26.0 Å². The molecule has 1 amide bonds. The maximum atomic E-state index is 12.7. The van der Waals surface area contributed by atoms with Gasteiger partial charge in [0.05, 0.1) is 17.7 Å². The molecule has 0 aliphatic heterocycles. The predicted molar refractivity (Wildman–Crippen MR) is 103 cm³/mol. The third kappa shape index (κ3) is 4.76. The van der Waals surface area contributed by atoms with Crippen molar-refractivity contribution in [3.05, 3.63) is 48.0 Å². The Balaban J connectivity index is 2.32. The maximum absolute atomic E-state index is 12.7. The van der Waals surface area contributed by atoms with Gasteiger partial charge < -0.3 is 10.1 Å². The Bertz CT molecular complexity index is 877. The summed E-state index contributed by atoms with van der Waals surface area (Å²) >= 11 is 0. The van der Waals surface area contributed by atoms with Gasteiger partial charge in [0, 0.05) is 12.6 Å². The zero-order chi connectivity index (χ0) is 19.3. The molecule has 0 aliphatic carbocycles. The predicted octanol–water partition coefficient (Wildman–Crippen LogP) is 3.97. The van der Waals surface area contributed by atoms with Crippen molar-refractivity contribution in [1.82, 2.24) is 0 Å². The Labute approximate surface area is 154 Å². The van der Waals surface area contributed by atoms with E-state index < -0.39 is 10.0 Å². The third-order valence-corrected chi connectivity index (χ3v) is 5.52. The highest BCUT2D eigenvalue weighted by Gasteiger charge is 2.17. The third-order valence-electron chi connectivity index (χ3n) is 4.14. The van der Waals surface area contributed by atoms with Crippen molar-refractivity contribution in [3.8, 4) is 5.75 Å². The molecule has 2 aromatic rings. The van der Waals surface area contributed by atoms with Gasteiger partial charge >= 0.3 is 0 Å². The van der Waals surface area contributed by atoms with Crippen LogP contribution in [0.5, 0.6) is 5.75 Å². The fraction of sp³-hybridized carbons (Fsp3) is 0.316. The fourth-order valence-electron chi connectivity index (χ4n) is 2.48. The number of carbonyl (C=O) groups is 1. The number of sulfonamides is 1. The minimum Gasteiger partial charge on any atom is -0.495 e. The van der Waals surface area contributed by atoms with Crippen LogP contribution in [0.25, 0.3) is 0 Å². The Hall–Kier alpha value is -2.54. The van der Waals surface area contributed by atoms with Crippen LogP contribution in [0.2, 0.25) is 0 Å². The van der Waals surface area contributed by atoms with Crippen molar-refractivity contribution in [2.24, 2.45) is 0 Å². The van der Waals surface area contributed by atoms with Crippen LogP contribution in [-0.2, 0) is 14.8 Å². The van der Waals surface area contributed by atoms with Crippen molar-refractivity contribution in [2.45, 2.75) is 38.0 Å². The molecule has 0 radical (unpaired) electrons. The smallest absolute Gasteiger partial charge is 0.262 e. The quantitative estimate of drug-likeness (QED) is 0.766. The lowest BCUT2D eigenvalue weighted by atomic mass is 9.99. The molecule has 0 bridgehead atoms. The van der Waals surface area contributed by atoms with Gasteiger partial charge in [-0.3, -0.25) is 9.52 Å². The summed E-state index contributed by atoms with van der Waals surface area (Å²) in [6.45, 7) is 5.57. The van der Waals surface area contributed by atoms with Crippen molar-refractivity contribution in [1.29, 1.82) is 0 Å². The molecule has 2 N–H and O–H groups in total. The zero-order valence-electron chi connectivity index (χ0n) is 15.4. The molecular formula is C19H24N2O4S. The molecular weight excluding hydrogens is 352 g/mol. The Morgan fingerprint density at radius 3 is 2.35 bits per heavy atom. The fourth-order valence-corrected chi connectivity index (χ4v) is 3.54. The van der Waals surface area contributed by atoms with Crippen LogP contribution < -0.4 is 14.8 Å². The van der Waals surface area contributed by atoms with Crippen molar-refractivity contribution < 1.29 is 17.9 Å². The summed E-state index contributed by atoms with van der Waals surface area (Å²) in [4.78, 5) is 11.4. The first-order chi connectivity index (χ1) is 12.3. The van der Waals surface area contributed by atoms with Gasteiger partial charge in [0.15, 0.2) is 0 Å². The van der Waals surface area contributed by atoms with Crippen LogP contribution in [0.1, 0.15) is 38.7 Å². The van der Waals surface area contributed by atoms with E-state index in [1.165, 1.54) is 20.1 Å². The molecule has 0 spiro atoms. The van der Waals surface area contributed by atoms with Crippen molar-refractivity contribution >= 4 is 27.3 Å². The lowest BCUT2D eigenvalue weighted by Crippen LogP contribution is -2.14. The summed E-state index contributed by atoms with van der Waals surface area (Å²) in [6, 6.07) is 11.6. The second-order valence-corrected chi connectivity index (χ2v) is 7.76. The number of methoxy groups -OCH3 is 1. The largest absolute Gasteiger partial charge is 0.495 e. The van der Waals surface area contributed by atoms with Crippen LogP contribution in [-0.4, -0.2) is 21.4 Å². The first-order valence-electron chi connectivity index (χ1n) is 8.35. The topological polar surface area (TPSA) is 84.5 Å². The maximum Gasteiger partial charge on any atom is 0.262 e. The number of rotatable bonds is 7. The van der Waals surface area contributed by atoms with E-state index in [2.05, 4.69) is 23.9 Å². The molecule has 2 aromatic carbocycles. The molecule has 0 aromatic heterocycles. The SMILES string of the molecule is CC[C@H](C)c1ccc(S(=O)(=O)Nc2cc(NC(C)=O)ccc2OC)cc1. The molecule has 1 atom stereocenters. The van der Waals surface area contributed by atoms with Gasteiger partial charge in [-0.05, 0) is 48.2 Å². The Morgan fingerprint density at radius 1 is 1.15 bits per heavy atom. The normalized spacial score (nSPS) is 12.3. The summed E-state index contributed by atoms with van der Waals surface area (Å²) in [5.74, 6) is 0.484. The summed E-state index contributed by atoms with van der Waals surface area (Å²) < 4.78 is 33.1. The number of ether oxygens (including phenoxy) is 1. The molecule has 6 nitrogen and oxygen atoms in total. The first-order valence-corrected chi connectivity index (χ1v) is 9.83. The lowest BCUT2D eigenvalue weighted by molar-refractivity contribution is -0.114. The van der Waals surface area contributed by atoms with E-state index in [1.54, 1.807) is 24.3 Å². The number of anilines is 2. The van der Waals surface area contributed by atoms with Gasteiger partial charge in [-0.15, -0.1) is 0 Å². The molecule has 0 unspecified atom stereocenters. The second kappa shape index (κ2) is 8.23. The molecule has 0 aliphatic rings. The number of hydrogen-bond acceptors (Lipinski definition) is 4. The van der Waals surface area contributed by atoms with Crippen molar-refractivity contribution in [3.63, 3.8) is 0 Å². The first kappa shape index (κ1) is 19.8. The molecule has 140 valence electrons. The minimum absolute atomic E-state index is 0.163. The van der Waals surface area contributed by atoms with Gasteiger partial charge in [-0.25, -0.2) is 8.42 Å². The second-order valence-electron chi connectivity index (χ2n) is 6.08. The summed E-state index contributed by atoms with van der Waals surface area (Å²) in [5.41, 5.74) is 1.82. The standard InChI is InChI=1S/C19H24N2O4S/c1-5-13(2)15-6-9-17(10-7-15)26(23,24)21-18-12-16(20-14(3)22)8-11-19(18)25-4/h6-13,21H,5H2,1-4H3,(H,20,22)/t13-/m0/s1. The van der Waals surface area contributed by atoms with Gasteiger partial charge in [0.1, 0.15) is 5.75 Å². The molecule has 26 heavy (non-hydrogen) atoms. The molecule has 0 saturated carbocycles. The Morgan fingerprint density at radius 2 is 1.81 bits per heavy atom. The number of hydrogen-bond donors (Lipinski definition) is 2. The molecule has 0 fully saturated rings. The van der Waals surface area contributed by atoms with E-state index in [1.807, 2.05) is 12.1 Å². The summed E-state index contributed by atoms with van der Waals surface area (Å²) in [7, 11) is -2.33. The molecule has 2 rings (SSSR count). The lowest BCUT2D eigenvalue weighted by Gasteiger charge is -2.14. The van der Waals surface area contributed by atoms with Crippen LogP contribution in [0.3, 0.4) is 0 Å². The average Bonchev–Trinajstić information content (AvgIpc) is 2.60. The monoisotopic (exact) mass is 376 g/mol. The average molecular weight is 376 g/mol. The zero-order valence-corrected chi connectivity index (χ0v) is 16.2. The Kier molecular flexibility index (Phi) is 6.26. The summed E-state index contributed by atoms with van der Waals surface area (Å²) in [5, 5.41) is 2.62. The number of amides is 1. The molecule has 0 heterocycles. The van der Waals surface area contributed by atoms with E-state index in [0.717, 1.165) is 12.0 Å². The highest BCUT2D eigenvalue weighted by Crippen LogP contribution is 2.30. The van der Waals surface area contributed by atoms with E-state index in [4.69, 9.17) is 4.74 Å². The van der Waals surface area contributed by atoms with Gasteiger partial charge in [0.25, 0.3) is 10.0 Å². The summed E-state index contributed by atoms with van der Waals surface area (Å²) in [6.07, 6.45) is 0.984. The highest BCUT2D eigenvalue weighted by molar-refractivity contribution is 7.92. The molecule has 0 saturated heterocycles. The van der Waals surface area contributed by atoms with E-state index in [-0.39, 0.29) is 16.5 Å². The number of nitrogens with one attached hydrogen (secondary N) is 2. The number of benzene rings is 2. The molecule has 7 heteroatoms. The van der Waals surface area contributed by atoms with E-state index in [9.17, 15) is 13.2 Å². The van der Waals surface area contributed by atoms with Gasteiger partial charge in [0.2, 0.25) is 5.91 Å². The van der Waals surface area contributed by atoms with Gasteiger partial charge in [-0.2, -0.15) is 0 Å². The number of carbonyl (C=O) groups excluding carboxylic acids is 1. The highest BCUT2D eigenvalue weighted by atomic mass is 32.2. The van der Waals surface area contributed by atoms with Crippen LogP contribution in [0.15, 0.2) is 47.4 Å². The van der Waals surface area contributed by atoms with Crippen LogP contribution in [0, 0.1) is 0 Å². The van der Waals surface area contributed by atoms with E-state index in [0.29, 0.717) is 17.4 Å². The van der Waals surface area contributed by atoms with Crippen LogP contribution in [0.4, 0.5) is 11.4 Å². The van der Waals surface area contributed by atoms with Crippen LogP contribution >= 0.6 is 0 Å².